The molecular weight excluding hydrogens is 330 g/mol. The summed E-state index contributed by atoms with van der Waals surface area (Å²) in [6.45, 7) is 7.88. The van der Waals surface area contributed by atoms with Crippen LogP contribution < -0.4 is 0 Å². The summed E-state index contributed by atoms with van der Waals surface area (Å²) in [4.78, 5) is 30.5. The lowest BCUT2D eigenvalue weighted by atomic mass is 10.1. The summed E-state index contributed by atoms with van der Waals surface area (Å²) >= 11 is 0. The van der Waals surface area contributed by atoms with Gasteiger partial charge in [-0.3, -0.25) is 14.5 Å². The fourth-order valence-electron chi connectivity index (χ4n) is 3.18. The Labute approximate surface area is 155 Å². The lowest BCUT2D eigenvalue weighted by Crippen LogP contribution is -2.52. The van der Waals surface area contributed by atoms with Crippen molar-refractivity contribution in [3.8, 4) is 0 Å². The lowest BCUT2D eigenvalue weighted by molar-refractivity contribution is -0.137. The second-order valence-electron chi connectivity index (χ2n) is 6.84. The molecule has 0 aromatic heterocycles. The molecule has 3 rings (SSSR count). The highest BCUT2D eigenvalue weighted by molar-refractivity contribution is 5.91. The molecule has 0 N–H and O–H groups in total. The third kappa shape index (κ3) is 5.16. The van der Waals surface area contributed by atoms with Crippen molar-refractivity contribution in [1.82, 2.24) is 14.7 Å². The third-order valence-electron chi connectivity index (χ3n) is 4.90. The number of nitrogens with zero attached hydrogens (tertiary/aromatic N) is 3. The molecule has 0 saturated carbocycles. The molecule has 2 amide bonds. The second-order valence-corrected chi connectivity index (χ2v) is 6.84. The maximum Gasteiger partial charge on any atom is 0.246 e. The number of morpholine rings is 1. The zero-order valence-electron chi connectivity index (χ0n) is 15.4. The molecule has 2 heterocycles. The maximum atomic E-state index is 12.3. The van der Waals surface area contributed by atoms with Crippen LogP contribution >= 0.6 is 0 Å². The first-order valence-corrected chi connectivity index (χ1v) is 9.23. The molecule has 2 saturated heterocycles. The van der Waals surface area contributed by atoms with Gasteiger partial charge >= 0.3 is 0 Å². The van der Waals surface area contributed by atoms with E-state index in [2.05, 4.69) is 4.90 Å². The number of rotatable bonds is 4. The zero-order valence-corrected chi connectivity index (χ0v) is 15.4. The number of carbonyl (C=O) groups is 2. The quantitative estimate of drug-likeness (QED) is 0.755. The third-order valence-corrected chi connectivity index (χ3v) is 4.90. The van der Waals surface area contributed by atoms with E-state index in [0.29, 0.717) is 45.9 Å². The van der Waals surface area contributed by atoms with Crippen LogP contribution in [-0.2, 0) is 14.3 Å². The first kappa shape index (κ1) is 18.6. The highest BCUT2D eigenvalue weighted by Crippen LogP contribution is 2.08. The molecule has 0 aliphatic carbocycles. The van der Waals surface area contributed by atoms with Gasteiger partial charge in [-0.25, -0.2) is 0 Å². The van der Waals surface area contributed by atoms with Crippen LogP contribution in [0.5, 0.6) is 0 Å². The Morgan fingerprint density at radius 3 is 2.27 bits per heavy atom. The standard InChI is InChI=1S/C20H27N3O3/c1-17-2-4-18(5-3-17)6-7-19(24)22-10-8-21(9-11-22)16-20(25)23-12-14-26-15-13-23/h2-7H,8-16H2,1H3. The average molecular weight is 357 g/mol. The van der Waals surface area contributed by atoms with Crippen molar-refractivity contribution in [2.45, 2.75) is 6.92 Å². The van der Waals surface area contributed by atoms with Crippen LogP contribution in [0.1, 0.15) is 11.1 Å². The number of hydrogen-bond acceptors (Lipinski definition) is 4. The van der Waals surface area contributed by atoms with Gasteiger partial charge < -0.3 is 14.5 Å². The van der Waals surface area contributed by atoms with E-state index in [1.807, 2.05) is 47.1 Å². The second kappa shape index (κ2) is 8.96. The molecular formula is C20H27N3O3. The van der Waals surface area contributed by atoms with Crippen molar-refractivity contribution >= 4 is 17.9 Å². The zero-order chi connectivity index (χ0) is 18.4. The molecule has 0 radical (unpaired) electrons. The van der Waals surface area contributed by atoms with E-state index in [4.69, 9.17) is 4.74 Å². The largest absolute Gasteiger partial charge is 0.378 e. The molecule has 140 valence electrons. The highest BCUT2D eigenvalue weighted by Gasteiger charge is 2.24. The topological polar surface area (TPSA) is 53.1 Å². The Balaban J connectivity index is 1.43. The van der Waals surface area contributed by atoms with Crippen molar-refractivity contribution in [2.24, 2.45) is 0 Å². The minimum absolute atomic E-state index is 0.0322. The molecule has 1 aromatic carbocycles. The SMILES string of the molecule is Cc1ccc(C=CC(=O)N2CCN(CC(=O)N3CCOCC3)CC2)cc1. The lowest BCUT2D eigenvalue weighted by Gasteiger charge is -2.35. The van der Waals surface area contributed by atoms with Crippen molar-refractivity contribution in [3.63, 3.8) is 0 Å². The van der Waals surface area contributed by atoms with E-state index in [1.54, 1.807) is 6.08 Å². The van der Waals surface area contributed by atoms with E-state index in [9.17, 15) is 9.59 Å². The normalized spacial score (nSPS) is 19.1. The van der Waals surface area contributed by atoms with Gasteiger partial charge in [0.2, 0.25) is 11.8 Å². The fraction of sp³-hybridized carbons (Fsp3) is 0.500. The Morgan fingerprint density at radius 1 is 0.962 bits per heavy atom. The van der Waals surface area contributed by atoms with Crippen LogP contribution in [0.2, 0.25) is 0 Å². The monoisotopic (exact) mass is 357 g/mol. The van der Waals surface area contributed by atoms with Gasteiger partial charge in [-0.05, 0) is 18.6 Å². The Morgan fingerprint density at radius 2 is 1.62 bits per heavy atom. The van der Waals surface area contributed by atoms with E-state index in [-0.39, 0.29) is 11.8 Å². The van der Waals surface area contributed by atoms with E-state index in [0.717, 1.165) is 18.7 Å². The van der Waals surface area contributed by atoms with Gasteiger partial charge in [0, 0.05) is 45.3 Å². The van der Waals surface area contributed by atoms with Crippen molar-refractivity contribution in [3.05, 3.63) is 41.5 Å². The molecule has 0 bridgehead atoms. The van der Waals surface area contributed by atoms with Crippen LogP contribution in [-0.4, -0.2) is 85.5 Å². The summed E-state index contributed by atoms with van der Waals surface area (Å²) in [5.41, 5.74) is 2.23. The summed E-state index contributed by atoms with van der Waals surface area (Å²) < 4.78 is 5.28. The van der Waals surface area contributed by atoms with Gasteiger partial charge in [-0.15, -0.1) is 0 Å². The van der Waals surface area contributed by atoms with Crippen LogP contribution in [0.3, 0.4) is 0 Å². The number of amides is 2. The van der Waals surface area contributed by atoms with E-state index in [1.165, 1.54) is 5.56 Å². The summed E-state index contributed by atoms with van der Waals surface area (Å²) in [6, 6.07) is 8.09. The van der Waals surface area contributed by atoms with Crippen LogP contribution in [0, 0.1) is 6.92 Å². The fourth-order valence-corrected chi connectivity index (χ4v) is 3.18. The number of aryl methyl sites for hydroxylation is 1. The van der Waals surface area contributed by atoms with Gasteiger partial charge in [0.1, 0.15) is 0 Å². The molecule has 2 aliphatic rings. The summed E-state index contributed by atoms with van der Waals surface area (Å²) in [7, 11) is 0. The van der Waals surface area contributed by atoms with Gasteiger partial charge in [-0.2, -0.15) is 0 Å². The van der Waals surface area contributed by atoms with Gasteiger partial charge in [0.05, 0.1) is 19.8 Å². The molecule has 0 unspecified atom stereocenters. The van der Waals surface area contributed by atoms with Crippen molar-refractivity contribution in [1.29, 1.82) is 0 Å². The number of carbonyl (C=O) groups excluding carboxylic acids is 2. The van der Waals surface area contributed by atoms with E-state index >= 15 is 0 Å². The molecule has 2 fully saturated rings. The molecule has 2 aliphatic heterocycles. The van der Waals surface area contributed by atoms with Crippen molar-refractivity contribution in [2.75, 3.05) is 59.0 Å². The number of benzene rings is 1. The minimum Gasteiger partial charge on any atom is -0.378 e. The molecule has 6 nitrogen and oxygen atoms in total. The van der Waals surface area contributed by atoms with Crippen LogP contribution in [0.25, 0.3) is 6.08 Å². The van der Waals surface area contributed by atoms with Crippen LogP contribution in [0.15, 0.2) is 30.3 Å². The molecule has 26 heavy (non-hydrogen) atoms. The molecule has 0 atom stereocenters. The number of piperazine rings is 1. The molecule has 6 heteroatoms. The Bertz CT molecular complexity index is 643. The Hall–Kier alpha value is -2.18. The highest BCUT2D eigenvalue weighted by atomic mass is 16.5. The summed E-state index contributed by atoms with van der Waals surface area (Å²) in [5, 5.41) is 0. The first-order valence-electron chi connectivity index (χ1n) is 9.23. The summed E-state index contributed by atoms with van der Waals surface area (Å²) in [5.74, 6) is 0.192. The minimum atomic E-state index is 0.0322. The smallest absolute Gasteiger partial charge is 0.246 e. The summed E-state index contributed by atoms with van der Waals surface area (Å²) in [6.07, 6.45) is 3.50. The first-order chi connectivity index (χ1) is 12.6. The molecule has 0 spiro atoms. The number of hydrogen-bond donors (Lipinski definition) is 0. The van der Waals surface area contributed by atoms with Gasteiger partial charge in [0.15, 0.2) is 0 Å². The number of ether oxygens (including phenoxy) is 1. The predicted molar refractivity (Wildman–Crippen MR) is 101 cm³/mol. The van der Waals surface area contributed by atoms with Gasteiger partial charge in [0.25, 0.3) is 0 Å². The Kier molecular flexibility index (Phi) is 6.41. The molecule has 1 aromatic rings. The average Bonchev–Trinajstić information content (AvgIpc) is 2.68. The van der Waals surface area contributed by atoms with Crippen LogP contribution in [0.4, 0.5) is 0 Å². The van der Waals surface area contributed by atoms with Crippen molar-refractivity contribution < 1.29 is 14.3 Å². The predicted octanol–water partition coefficient (Wildman–Crippen LogP) is 1.01. The van der Waals surface area contributed by atoms with Gasteiger partial charge in [-0.1, -0.05) is 29.8 Å². The van der Waals surface area contributed by atoms with E-state index < -0.39 is 0 Å². The maximum absolute atomic E-state index is 12.3.